The van der Waals surface area contributed by atoms with Crippen molar-refractivity contribution in [2.75, 3.05) is 13.2 Å². The molecule has 30 heavy (non-hydrogen) atoms. The van der Waals surface area contributed by atoms with Crippen molar-refractivity contribution in [3.8, 4) is 0 Å². The Morgan fingerprint density at radius 2 is 2.03 bits per heavy atom. The Bertz CT molecular complexity index is 849. The van der Waals surface area contributed by atoms with Gasteiger partial charge in [-0.3, -0.25) is 9.59 Å². The first-order valence-electron chi connectivity index (χ1n) is 10.9. The molecule has 5 N–H and O–H groups in total. The molecule has 4 aliphatic rings. The molecule has 7 heteroatoms. The van der Waals surface area contributed by atoms with Crippen molar-refractivity contribution in [2.24, 2.45) is 28.6 Å². The predicted molar refractivity (Wildman–Crippen MR) is 107 cm³/mol. The molecule has 0 saturated heterocycles. The molecular formula is C23H32NO6+. The second-order valence-electron chi connectivity index (χ2n) is 9.94. The third-order valence-electron chi connectivity index (χ3n) is 8.68. The van der Waals surface area contributed by atoms with E-state index in [1.165, 1.54) is 0 Å². The lowest BCUT2D eigenvalue weighted by molar-refractivity contribution is -0.359. The van der Waals surface area contributed by atoms with Gasteiger partial charge in [-0.2, -0.15) is 0 Å². The summed E-state index contributed by atoms with van der Waals surface area (Å²) in [6.45, 7) is 3.46. The molecule has 7 nitrogen and oxygen atoms in total. The molecule has 7 atom stereocenters. The molecule has 0 bridgehead atoms. The van der Waals surface area contributed by atoms with E-state index in [0.717, 1.165) is 18.4 Å². The number of allylic oxidation sites excluding steroid dienone is 4. The summed E-state index contributed by atoms with van der Waals surface area (Å²) < 4.78 is 4.96. The molecule has 7 unspecified atom stereocenters. The fourth-order valence-corrected chi connectivity index (χ4v) is 7.13. The van der Waals surface area contributed by atoms with Gasteiger partial charge in [0.15, 0.2) is 18.9 Å². The number of aliphatic hydroxyl groups excluding tert-OH is 1. The molecule has 3 fully saturated rings. The number of rotatable bonds is 4. The van der Waals surface area contributed by atoms with Crippen LogP contribution in [0.5, 0.6) is 0 Å². The summed E-state index contributed by atoms with van der Waals surface area (Å²) in [4.78, 5) is 36.3. The fraction of sp³-hybridized carbons (Fsp3) is 0.696. The standard InChI is InChI=1S/C23H31NO6/c1-21-7-5-14(25)9-13(21)3-4-15-16-6-8-23(29,18(27)12-30-19(28)11-24)22(16,2)10-17(26)20(15)21/h5,7,9,15-17,20,26,29H,3-4,6,8,10-12,24H2,1-2H3/p+1. The Balaban J connectivity index is 1.63. The largest absolute Gasteiger partial charge is 0.453 e. The van der Waals surface area contributed by atoms with Gasteiger partial charge in [-0.25, -0.2) is 4.79 Å². The monoisotopic (exact) mass is 418 g/mol. The molecule has 0 amide bonds. The number of aliphatic hydroxyl groups is 2. The van der Waals surface area contributed by atoms with Crippen molar-refractivity contribution in [1.82, 2.24) is 0 Å². The van der Waals surface area contributed by atoms with Gasteiger partial charge in [-0.1, -0.05) is 25.5 Å². The van der Waals surface area contributed by atoms with Gasteiger partial charge in [0.1, 0.15) is 5.60 Å². The van der Waals surface area contributed by atoms with E-state index < -0.39 is 35.5 Å². The topological polar surface area (TPSA) is 129 Å². The van der Waals surface area contributed by atoms with Crippen LogP contribution in [0.4, 0.5) is 0 Å². The molecule has 0 aliphatic heterocycles. The molecule has 0 aromatic rings. The Kier molecular flexibility index (Phi) is 5.07. The first-order chi connectivity index (χ1) is 14.1. The zero-order valence-corrected chi connectivity index (χ0v) is 17.7. The number of quaternary nitrogens is 1. The van der Waals surface area contributed by atoms with Crippen LogP contribution in [0.15, 0.2) is 23.8 Å². The zero-order valence-electron chi connectivity index (χ0n) is 17.7. The highest BCUT2D eigenvalue weighted by molar-refractivity contribution is 6.01. The van der Waals surface area contributed by atoms with Gasteiger partial charge in [0.25, 0.3) is 0 Å². The van der Waals surface area contributed by atoms with E-state index in [4.69, 9.17) is 4.74 Å². The van der Waals surface area contributed by atoms with E-state index in [-0.39, 0.29) is 35.5 Å². The average Bonchev–Trinajstić information content (AvgIpc) is 2.97. The molecular weight excluding hydrogens is 386 g/mol. The van der Waals surface area contributed by atoms with E-state index in [2.05, 4.69) is 12.7 Å². The van der Waals surface area contributed by atoms with Gasteiger partial charge in [0.05, 0.1) is 6.10 Å². The Labute approximate surface area is 176 Å². The summed E-state index contributed by atoms with van der Waals surface area (Å²) >= 11 is 0. The number of fused-ring (bicyclic) bond motifs is 5. The van der Waals surface area contributed by atoms with Crippen LogP contribution in [0.3, 0.4) is 0 Å². The zero-order chi connectivity index (χ0) is 21.9. The number of carbonyl (C=O) groups excluding carboxylic acids is 3. The maximum Gasteiger partial charge on any atom is 0.361 e. The van der Waals surface area contributed by atoms with Crippen molar-refractivity contribution in [2.45, 2.75) is 57.7 Å². The van der Waals surface area contributed by atoms with Gasteiger partial charge in [0, 0.05) is 16.7 Å². The van der Waals surface area contributed by atoms with Crippen molar-refractivity contribution in [1.29, 1.82) is 0 Å². The Hall–Kier alpha value is -1.83. The lowest BCUT2D eigenvalue weighted by atomic mass is 9.46. The number of ether oxygens (including phenoxy) is 1. The molecule has 4 rings (SSSR count). The number of ketones is 2. The van der Waals surface area contributed by atoms with E-state index in [1.54, 1.807) is 12.2 Å². The predicted octanol–water partition coefficient (Wildman–Crippen LogP) is 0.350. The van der Waals surface area contributed by atoms with Crippen LogP contribution in [0.1, 0.15) is 46.0 Å². The third-order valence-corrected chi connectivity index (χ3v) is 8.68. The van der Waals surface area contributed by atoms with Crippen LogP contribution >= 0.6 is 0 Å². The number of esters is 1. The molecule has 164 valence electrons. The maximum atomic E-state index is 13.0. The molecule has 0 aromatic heterocycles. The van der Waals surface area contributed by atoms with Gasteiger partial charge >= 0.3 is 5.97 Å². The second-order valence-corrected chi connectivity index (χ2v) is 9.94. The van der Waals surface area contributed by atoms with Crippen LogP contribution in [-0.2, 0) is 19.1 Å². The van der Waals surface area contributed by atoms with E-state index in [9.17, 15) is 24.6 Å². The first-order valence-corrected chi connectivity index (χ1v) is 10.9. The maximum absolute atomic E-state index is 13.0. The summed E-state index contributed by atoms with van der Waals surface area (Å²) in [5.41, 5.74) is 1.72. The van der Waals surface area contributed by atoms with Crippen molar-refractivity contribution >= 4 is 17.5 Å². The van der Waals surface area contributed by atoms with Gasteiger partial charge < -0.3 is 20.7 Å². The summed E-state index contributed by atoms with van der Waals surface area (Å²) in [7, 11) is 0. The Morgan fingerprint density at radius 1 is 1.30 bits per heavy atom. The highest BCUT2D eigenvalue weighted by Crippen LogP contribution is 2.67. The van der Waals surface area contributed by atoms with Crippen molar-refractivity contribution in [3.05, 3.63) is 23.8 Å². The molecule has 0 spiro atoms. The molecule has 3 saturated carbocycles. The average molecular weight is 419 g/mol. The summed E-state index contributed by atoms with van der Waals surface area (Å²) in [6.07, 6.45) is 7.44. The Morgan fingerprint density at radius 3 is 2.73 bits per heavy atom. The highest BCUT2D eigenvalue weighted by atomic mass is 16.5. The number of carbonyl (C=O) groups is 3. The number of hydrogen-bond acceptors (Lipinski definition) is 6. The van der Waals surface area contributed by atoms with Gasteiger partial charge in [-0.15, -0.1) is 0 Å². The lowest BCUT2D eigenvalue weighted by Crippen LogP contribution is -2.62. The second kappa shape index (κ2) is 7.11. The van der Waals surface area contributed by atoms with Crippen LogP contribution in [0.25, 0.3) is 0 Å². The molecule has 0 heterocycles. The van der Waals surface area contributed by atoms with Crippen molar-refractivity contribution < 1.29 is 35.1 Å². The SMILES string of the molecule is CC12C=CC(=O)C=C1CCC1C2C(O)CC2(C)C1CCC2(O)C(=O)COC(=O)C[NH3+]. The van der Waals surface area contributed by atoms with Gasteiger partial charge in [-0.05, 0) is 56.1 Å². The molecule has 4 aliphatic carbocycles. The molecule has 0 aromatic carbocycles. The fourth-order valence-electron chi connectivity index (χ4n) is 7.13. The van der Waals surface area contributed by atoms with Gasteiger partial charge in [0.2, 0.25) is 5.78 Å². The summed E-state index contributed by atoms with van der Waals surface area (Å²) in [5, 5.41) is 22.8. The van der Waals surface area contributed by atoms with Crippen molar-refractivity contribution in [3.63, 3.8) is 0 Å². The van der Waals surface area contributed by atoms with E-state index >= 15 is 0 Å². The quantitative estimate of drug-likeness (QED) is 0.565. The minimum atomic E-state index is -1.62. The third kappa shape index (κ3) is 2.86. The lowest BCUT2D eigenvalue weighted by Gasteiger charge is -2.59. The smallest absolute Gasteiger partial charge is 0.361 e. The van der Waals surface area contributed by atoms with Crippen LogP contribution in [0.2, 0.25) is 0 Å². The minimum absolute atomic E-state index is 0.00581. The molecule has 0 radical (unpaired) electrons. The van der Waals surface area contributed by atoms with Crippen LogP contribution < -0.4 is 5.73 Å². The first kappa shape index (κ1) is 21.4. The normalized spacial score (nSPS) is 44.6. The number of hydrogen-bond donors (Lipinski definition) is 3. The van der Waals surface area contributed by atoms with Crippen LogP contribution in [-0.4, -0.2) is 52.6 Å². The number of Topliss-reactive ketones (excluding diaryl/α,β-unsaturated/α-hetero) is 1. The summed E-state index contributed by atoms with van der Waals surface area (Å²) in [5.74, 6) is -0.912. The van der Waals surface area contributed by atoms with E-state index in [0.29, 0.717) is 19.3 Å². The highest BCUT2D eigenvalue weighted by Gasteiger charge is 2.68. The summed E-state index contributed by atoms with van der Waals surface area (Å²) in [6, 6.07) is 0. The van der Waals surface area contributed by atoms with Crippen LogP contribution in [0, 0.1) is 28.6 Å². The van der Waals surface area contributed by atoms with E-state index in [1.807, 2.05) is 13.0 Å². The minimum Gasteiger partial charge on any atom is -0.453 e.